The fourth-order valence-electron chi connectivity index (χ4n) is 3.21. The lowest BCUT2D eigenvalue weighted by atomic mass is 10.2. The van der Waals surface area contributed by atoms with Crippen LogP contribution in [-0.2, 0) is 11.3 Å². The normalized spacial score (nSPS) is 12.5. The van der Waals surface area contributed by atoms with Gasteiger partial charge in [0.15, 0.2) is 11.0 Å². The van der Waals surface area contributed by atoms with E-state index in [0.717, 1.165) is 22.3 Å². The van der Waals surface area contributed by atoms with Gasteiger partial charge in [-0.15, -0.1) is 10.2 Å². The molecule has 1 atom stereocenters. The molecule has 0 spiro atoms. The number of aromatic nitrogens is 3. The number of rotatable bonds is 8. The number of hydrogen-bond acceptors (Lipinski definition) is 5. The van der Waals surface area contributed by atoms with Crippen molar-refractivity contribution in [3.8, 4) is 17.1 Å². The van der Waals surface area contributed by atoms with Crippen LogP contribution >= 0.6 is 11.8 Å². The summed E-state index contributed by atoms with van der Waals surface area (Å²) in [4.78, 5) is 14.9. The number of hydrogen-bond donors (Lipinski definition) is 0. The Kier molecular flexibility index (Phi) is 7.30. The summed E-state index contributed by atoms with van der Waals surface area (Å²) in [5.74, 6) is 1.63. The summed E-state index contributed by atoms with van der Waals surface area (Å²) < 4.78 is 7.49. The first-order chi connectivity index (χ1) is 12.8. The zero-order valence-corrected chi connectivity index (χ0v) is 18.1. The second-order valence-corrected chi connectivity index (χ2v) is 8.25. The predicted molar refractivity (Wildman–Crippen MR) is 110 cm³/mol. The number of nitrogens with zero attached hydrogens (tertiary/aromatic N) is 4. The van der Waals surface area contributed by atoms with Crippen LogP contribution in [0.1, 0.15) is 41.5 Å². The lowest BCUT2D eigenvalue weighted by molar-refractivity contribution is -0.133. The standard InChI is InChI=1S/C20H30N4O2S/c1-8-23-18(16-11-9-10-12-17(16)26-7)21-22-20(23)27-15(6)19(25)24(13(2)3)14(4)5/h9-15H,8H2,1-7H3. The SMILES string of the molecule is CCn1c(SC(C)C(=O)N(C(C)C)C(C)C)nnc1-c1ccccc1OC. The molecule has 1 amide bonds. The number of para-hydroxylation sites is 1. The van der Waals surface area contributed by atoms with Gasteiger partial charge in [0.1, 0.15) is 5.75 Å². The molecular weight excluding hydrogens is 360 g/mol. The summed E-state index contributed by atoms with van der Waals surface area (Å²) >= 11 is 1.45. The van der Waals surface area contributed by atoms with Crippen molar-refractivity contribution in [1.29, 1.82) is 0 Å². The molecule has 1 aromatic heterocycles. The molecule has 1 unspecified atom stereocenters. The molecule has 7 heteroatoms. The van der Waals surface area contributed by atoms with Crippen molar-refractivity contribution >= 4 is 17.7 Å². The van der Waals surface area contributed by atoms with Crippen LogP contribution in [0.4, 0.5) is 0 Å². The first-order valence-electron chi connectivity index (χ1n) is 9.37. The van der Waals surface area contributed by atoms with Crippen molar-refractivity contribution in [2.45, 2.75) is 70.6 Å². The van der Waals surface area contributed by atoms with E-state index in [1.54, 1.807) is 7.11 Å². The molecule has 1 aromatic carbocycles. The van der Waals surface area contributed by atoms with E-state index in [-0.39, 0.29) is 23.2 Å². The number of carbonyl (C=O) groups is 1. The van der Waals surface area contributed by atoms with Crippen molar-refractivity contribution < 1.29 is 9.53 Å². The molecule has 0 aliphatic rings. The van der Waals surface area contributed by atoms with Crippen molar-refractivity contribution in [2.24, 2.45) is 0 Å². The summed E-state index contributed by atoms with van der Waals surface area (Å²) in [5.41, 5.74) is 0.895. The van der Waals surface area contributed by atoms with E-state index in [2.05, 4.69) is 10.2 Å². The third-order valence-corrected chi connectivity index (χ3v) is 5.45. The molecule has 1 heterocycles. The van der Waals surface area contributed by atoms with Gasteiger partial charge in [-0.1, -0.05) is 23.9 Å². The first-order valence-corrected chi connectivity index (χ1v) is 10.2. The maximum atomic E-state index is 12.9. The number of benzene rings is 1. The highest BCUT2D eigenvalue weighted by molar-refractivity contribution is 8.00. The summed E-state index contributed by atoms with van der Waals surface area (Å²) in [6, 6.07) is 8.08. The minimum Gasteiger partial charge on any atom is -0.496 e. The number of carbonyl (C=O) groups excluding carboxylic acids is 1. The van der Waals surface area contributed by atoms with Gasteiger partial charge < -0.3 is 14.2 Å². The molecular formula is C20H30N4O2S. The molecule has 6 nitrogen and oxygen atoms in total. The van der Waals surface area contributed by atoms with E-state index in [0.29, 0.717) is 6.54 Å². The van der Waals surface area contributed by atoms with Crippen LogP contribution in [0.25, 0.3) is 11.4 Å². The van der Waals surface area contributed by atoms with E-state index in [1.165, 1.54) is 11.8 Å². The van der Waals surface area contributed by atoms with Gasteiger partial charge in [0.05, 0.1) is 17.9 Å². The topological polar surface area (TPSA) is 60.2 Å². The monoisotopic (exact) mass is 390 g/mol. The predicted octanol–water partition coefficient (Wildman–Crippen LogP) is 4.10. The highest BCUT2D eigenvalue weighted by Crippen LogP contribution is 2.32. The second kappa shape index (κ2) is 9.26. The number of amides is 1. The number of thioether (sulfide) groups is 1. The van der Waals surface area contributed by atoms with Gasteiger partial charge in [-0.3, -0.25) is 4.79 Å². The van der Waals surface area contributed by atoms with Crippen molar-refractivity contribution in [3.63, 3.8) is 0 Å². The fourth-order valence-corrected chi connectivity index (χ4v) is 4.18. The third kappa shape index (κ3) is 4.64. The van der Waals surface area contributed by atoms with Gasteiger partial charge in [0, 0.05) is 18.6 Å². The van der Waals surface area contributed by atoms with Crippen molar-refractivity contribution in [1.82, 2.24) is 19.7 Å². The second-order valence-electron chi connectivity index (χ2n) is 6.94. The van der Waals surface area contributed by atoms with Crippen LogP contribution in [0, 0.1) is 0 Å². The molecule has 0 aliphatic carbocycles. The Morgan fingerprint density at radius 3 is 2.33 bits per heavy atom. The van der Waals surface area contributed by atoms with Crippen molar-refractivity contribution in [2.75, 3.05) is 7.11 Å². The Labute approximate surface area is 166 Å². The minimum atomic E-state index is -0.241. The Hall–Kier alpha value is -2.02. The zero-order valence-electron chi connectivity index (χ0n) is 17.3. The molecule has 0 N–H and O–H groups in total. The maximum Gasteiger partial charge on any atom is 0.236 e. The molecule has 2 aromatic rings. The Morgan fingerprint density at radius 1 is 1.15 bits per heavy atom. The molecule has 27 heavy (non-hydrogen) atoms. The van der Waals surface area contributed by atoms with Gasteiger partial charge in [0.2, 0.25) is 5.91 Å². The Balaban J connectivity index is 2.30. The highest BCUT2D eigenvalue weighted by Gasteiger charge is 2.28. The number of methoxy groups -OCH3 is 1. The minimum absolute atomic E-state index is 0.120. The van der Waals surface area contributed by atoms with Gasteiger partial charge in [0.25, 0.3) is 0 Å². The Bertz CT molecular complexity index is 765. The van der Waals surface area contributed by atoms with E-state index < -0.39 is 0 Å². The van der Waals surface area contributed by atoms with Gasteiger partial charge in [-0.25, -0.2) is 0 Å². The van der Waals surface area contributed by atoms with E-state index in [1.807, 2.05) is 75.3 Å². The lowest BCUT2D eigenvalue weighted by Crippen LogP contribution is -2.45. The van der Waals surface area contributed by atoms with Crippen LogP contribution in [0.5, 0.6) is 5.75 Å². The molecule has 0 saturated heterocycles. The third-order valence-electron chi connectivity index (χ3n) is 4.38. The smallest absolute Gasteiger partial charge is 0.236 e. The molecule has 0 saturated carbocycles. The average Bonchev–Trinajstić information content (AvgIpc) is 3.03. The average molecular weight is 391 g/mol. The highest BCUT2D eigenvalue weighted by atomic mass is 32.2. The van der Waals surface area contributed by atoms with E-state index in [9.17, 15) is 4.79 Å². The summed E-state index contributed by atoms with van der Waals surface area (Å²) in [5, 5.41) is 9.24. The van der Waals surface area contributed by atoms with Crippen LogP contribution in [-0.4, -0.2) is 50.0 Å². The maximum absolute atomic E-state index is 12.9. The lowest BCUT2D eigenvalue weighted by Gasteiger charge is -2.32. The molecule has 148 valence electrons. The molecule has 2 rings (SSSR count). The number of ether oxygens (including phenoxy) is 1. The van der Waals surface area contributed by atoms with E-state index in [4.69, 9.17) is 4.74 Å². The fraction of sp³-hybridized carbons (Fsp3) is 0.550. The largest absolute Gasteiger partial charge is 0.496 e. The van der Waals surface area contributed by atoms with Crippen LogP contribution in [0.3, 0.4) is 0 Å². The first kappa shape index (κ1) is 21.3. The summed E-state index contributed by atoms with van der Waals surface area (Å²) in [7, 11) is 1.65. The molecule has 0 aliphatic heterocycles. The van der Waals surface area contributed by atoms with Gasteiger partial charge in [-0.2, -0.15) is 0 Å². The van der Waals surface area contributed by atoms with Gasteiger partial charge >= 0.3 is 0 Å². The Morgan fingerprint density at radius 2 is 1.78 bits per heavy atom. The molecule has 0 bridgehead atoms. The van der Waals surface area contributed by atoms with Crippen LogP contribution in [0.15, 0.2) is 29.4 Å². The zero-order chi connectivity index (χ0) is 20.1. The molecule has 0 radical (unpaired) electrons. The quantitative estimate of drug-likeness (QED) is 0.635. The van der Waals surface area contributed by atoms with E-state index >= 15 is 0 Å². The summed E-state index contributed by atoms with van der Waals surface area (Å²) in [6.07, 6.45) is 0. The van der Waals surface area contributed by atoms with Crippen LogP contribution in [0.2, 0.25) is 0 Å². The molecule has 0 fully saturated rings. The summed E-state index contributed by atoms with van der Waals surface area (Å²) in [6.45, 7) is 12.9. The van der Waals surface area contributed by atoms with Gasteiger partial charge in [-0.05, 0) is 53.7 Å². The van der Waals surface area contributed by atoms with Crippen molar-refractivity contribution in [3.05, 3.63) is 24.3 Å². The van der Waals surface area contributed by atoms with Crippen LogP contribution < -0.4 is 4.74 Å².